The Bertz CT molecular complexity index is 952. The Morgan fingerprint density at radius 1 is 1.14 bits per heavy atom. The highest BCUT2D eigenvalue weighted by molar-refractivity contribution is 7.93. The highest BCUT2D eigenvalue weighted by Gasteiger charge is 2.29. The Kier molecular flexibility index (Phi) is 6.63. The number of carbonyl (C=O) groups excluding carboxylic acids is 1. The number of sulfonamides is 1. The van der Waals surface area contributed by atoms with Crippen LogP contribution in [0.4, 0.5) is 5.69 Å². The lowest BCUT2D eigenvalue weighted by Gasteiger charge is -2.24. The van der Waals surface area contributed by atoms with Gasteiger partial charge in [0.25, 0.3) is 5.91 Å². The molecule has 0 saturated carbocycles. The fourth-order valence-corrected chi connectivity index (χ4v) is 5.33. The third-order valence-corrected chi connectivity index (χ3v) is 7.20. The van der Waals surface area contributed by atoms with E-state index < -0.39 is 10.0 Å². The molecular formula is C23H30N2O3S. The van der Waals surface area contributed by atoms with E-state index >= 15 is 0 Å². The molecule has 0 aliphatic carbocycles. The predicted molar refractivity (Wildman–Crippen MR) is 118 cm³/mol. The van der Waals surface area contributed by atoms with Crippen LogP contribution in [0.3, 0.4) is 0 Å². The summed E-state index contributed by atoms with van der Waals surface area (Å²) in [4.78, 5) is 13.0. The maximum atomic E-state index is 13.0. The van der Waals surface area contributed by atoms with Crippen LogP contribution in [0.2, 0.25) is 0 Å². The molecule has 1 aliphatic rings. The molecule has 0 unspecified atom stereocenters. The van der Waals surface area contributed by atoms with Crippen LogP contribution < -0.4 is 9.62 Å². The van der Waals surface area contributed by atoms with E-state index in [0.29, 0.717) is 24.2 Å². The van der Waals surface area contributed by atoms with Crippen molar-refractivity contribution >= 4 is 21.6 Å². The summed E-state index contributed by atoms with van der Waals surface area (Å²) in [7, 11) is -3.27. The van der Waals surface area contributed by atoms with Crippen molar-refractivity contribution in [2.45, 2.75) is 46.1 Å². The smallest absolute Gasteiger partial charge is 0.251 e. The van der Waals surface area contributed by atoms with Gasteiger partial charge in [0.05, 0.1) is 17.5 Å². The number of carbonyl (C=O) groups is 1. The van der Waals surface area contributed by atoms with E-state index in [9.17, 15) is 13.2 Å². The maximum absolute atomic E-state index is 13.0. The fourth-order valence-electron chi connectivity index (χ4n) is 3.77. The van der Waals surface area contributed by atoms with Crippen molar-refractivity contribution in [3.8, 4) is 0 Å². The van der Waals surface area contributed by atoms with Crippen LogP contribution in [0.1, 0.15) is 61.1 Å². The third kappa shape index (κ3) is 4.99. The first-order valence-electron chi connectivity index (χ1n) is 10.3. The molecule has 1 amide bonds. The molecule has 1 fully saturated rings. The molecule has 5 nitrogen and oxygen atoms in total. The van der Waals surface area contributed by atoms with Crippen molar-refractivity contribution in [2.75, 3.05) is 16.6 Å². The van der Waals surface area contributed by atoms with Gasteiger partial charge in [-0.15, -0.1) is 0 Å². The molecule has 156 valence electrons. The van der Waals surface area contributed by atoms with Gasteiger partial charge in [-0.3, -0.25) is 9.10 Å². The first kappa shape index (κ1) is 21.4. The van der Waals surface area contributed by atoms with Gasteiger partial charge < -0.3 is 5.32 Å². The second-order valence-corrected chi connectivity index (χ2v) is 9.99. The first-order valence-corrected chi connectivity index (χ1v) is 11.9. The summed E-state index contributed by atoms with van der Waals surface area (Å²) in [5.74, 6) is 0.185. The van der Waals surface area contributed by atoms with Crippen LogP contribution in [0.15, 0.2) is 48.5 Å². The number of nitrogens with one attached hydrogen (secondary N) is 1. The fraction of sp³-hybridized carbons (Fsp3) is 0.435. The number of anilines is 1. The zero-order chi connectivity index (χ0) is 21.0. The van der Waals surface area contributed by atoms with E-state index in [1.54, 1.807) is 24.3 Å². The summed E-state index contributed by atoms with van der Waals surface area (Å²) in [5, 5.41) is 3.13. The second-order valence-electron chi connectivity index (χ2n) is 7.98. The summed E-state index contributed by atoms with van der Waals surface area (Å²) >= 11 is 0. The van der Waals surface area contributed by atoms with Crippen LogP contribution in [-0.2, 0) is 16.4 Å². The molecule has 1 heterocycles. The number of benzene rings is 2. The molecule has 2 aromatic rings. The molecule has 0 aromatic heterocycles. The predicted octanol–water partition coefficient (Wildman–Crippen LogP) is 4.31. The number of hydrogen-bond donors (Lipinski definition) is 1. The van der Waals surface area contributed by atoms with E-state index in [0.717, 1.165) is 18.4 Å². The van der Waals surface area contributed by atoms with Crippen LogP contribution in [0, 0.1) is 5.92 Å². The standard InChI is InChI=1S/C23H30N2O3S/c1-4-7-18-10-12-19(13-11-18)22(17(2)3)24-23(26)20-8-5-9-21(16-20)25-14-6-15-29(25,27)28/h5,8-13,16-17,22H,4,6-7,14-15H2,1-3H3,(H,24,26)/t22-/m1/s1. The van der Waals surface area contributed by atoms with Gasteiger partial charge in [0.1, 0.15) is 0 Å². The molecule has 0 bridgehead atoms. The minimum Gasteiger partial charge on any atom is -0.345 e. The van der Waals surface area contributed by atoms with Gasteiger partial charge in [-0.05, 0) is 48.1 Å². The van der Waals surface area contributed by atoms with Crippen molar-refractivity contribution < 1.29 is 13.2 Å². The molecule has 0 radical (unpaired) electrons. The zero-order valence-corrected chi connectivity index (χ0v) is 18.2. The first-order chi connectivity index (χ1) is 13.8. The average Bonchev–Trinajstić information content (AvgIpc) is 3.06. The summed E-state index contributed by atoms with van der Waals surface area (Å²) in [6, 6.07) is 15.2. The topological polar surface area (TPSA) is 66.5 Å². The van der Waals surface area contributed by atoms with E-state index in [1.165, 1.54) is 9.87 Å². The Morgan fingerprint density at radius 3 is 2.45 bits per heavy atom. The van der Waals surface area contributed by atoms with Gasteiger partial charge in [0.15, 0.2) is 0 Å². The van der Waals surface area contributed by atoms with E-state index in [-0.39, 0.29) is 23.6 Å². The van der Waals surface area contributed by atoms with Gasteiger partial charge >= 0.3 is 0 Å². The number of nitrogens with zero attached hydrogens (tertiary/aromatic N) is 1. The Hall–Kier alpha value is -2.34. The minimum absolute atomic E-state index is 0.114. The van der Waals surface area contributed by atoms with Crippen molar-refractivity contribution in [1.29, 1.82) is 0 Å². The van der Waals surface area contributed by atoms with Crippen LogP contribution in [0.5, 0.6) is 0 Å². The number of rotatable bonds is 7. The summed E-state index contributed by atoms with van der Waals surface area (Å²) in [6.45, 7) is 6.79. The van der Waals surface area contributed by atoms with E-state index in [4.69, 9.17) is 0 Å². The average molecular weight is 415 g/mol. The summed E-state index contributed by atoms with van der Waals surface area (Å²) in [6.07, 6.45) is 2.76. The molecule has 1 aliphatic heterocycles. The lowest BCUT2D eigenvalue weighted by Crippen LogP contribution is -2.32. The molecule has 1 saturated heterocycles. The lowest BCUT2D eigenvalue weighted by molar-refractivity contribution is 0.0925. The third-order valence-electron chi connectivity index (χ3n) is 5.33. The quantitative estimate of drug-likeness (QED) is 0.734. The van der Waals surface area contributed by atoms with Gasteiger partial charge in [-0.2, -0.15) is 0 Å². The number of aryl methyl sites for hydroxylation is 1. The van der Waals surface area contributed by atoms with Crippen molar-refractivity contribution in [2.24, 2.45) is 5.92 Å². The molecule has 2 aromatic carbocycles. The second kappa shape index (κ2) is 8.99. The van der Waals surface area contributed by atoms with Gasteiger partial charge in [-0.1, -0.05) is 57.5 Å². The lowest BCUT2D eigenvalue weighted by atomic mass is 9.94. The highest BCUT2D eigenvalue weighted by Crippen LogP contribution is 2.26. The molecule has 6 heteroatoms. The monoisotopic (exact) mass is 414 g/mol. The van der Waals surface area contributed by atoms with Crippen molar-refractivity contribution in [1.82, 2.24) is 5.32 Å². The van der Waals surface area contributed by atoms with Gasteiger partial charge in [-0.25, -0.2) is 8.42 Å². The molecule has 1 N–H and O–H groups in total. The van der Waals surface area contributed by atoms with Gasteiger partial charge in [0.2, 0.25) is 10.0 Å². The molecule has 3 rings (SSSR count). The van der Waals surface area contributed by atoms with Crippen molar-refractivity contribution in [3.05, 3.63) is 65.2 Å². The normalized spacial score (nSPS) is 16.8. The molecule has 29 heavy (non-hydrogen) atoms. The van der Waals surface area contributed by atoms with Crippen molar-refractivity contribution in [3.63, 3.8) is 0 Å². The largest absolute Gasteiger partial charge is 0.345 e. The van der Waals surface area contributed by atoms with Crippen LogP contribution in [0.25, 0.3) is 0 Å². The van der Waals surface area contributed by atoms with Gasteiger partial charge in [0, 0.05) is 12.1 Å². The maximum Gasteiger partial charge on any atom is 0.251 e. The van der Waals surface area contributed by atoms with Crippen LogP contribution in [-0.4, -0.2) is 26.6 Å². The number of amides is 1. The molecule has 1 atom stereocenters. The SMILES string of the molecule is CCCc1ccc([C@H](NC(=O)c2cccc(N3CCCS3(=O)=O)c2)C(C)C)cc1. The van der Waals surface area contributed by atoms with Crippen LogP contribution >= 0.6 is 0 Å². The summed E-state index contributed by atoms with van der Waals surface area (Å²) in [5.41, 5.74) is 3.40. The highest BCUT2D eigenvalue weighted by atomic mass is 32.2. The summed E-state index contributed by atoms with van der Waals surface area (Å²) < 4.78 is 25.8. The Balaban J connectivity index is 1.79. The zero-order valence-electron chi connectivity index (χ0n) is 17.4. The van der Waals surface area contributed by atoms with E-state index in [1.807, 2.05) is 0 Å². The van der Waals surface area contributed by atoms with E-state index in [2.05, 4.69) is 50.4 Å². The molecule has 0 spiro atoms. The Labute approximate surface area is 174 Å². The minimum atomic E-state index is -3.27. The Morgan fingerprint density at radius 2 is 1.86 bits per heavy atom. The molecular weight excluding hydrogens is 384 g/mol. The number of hydrogen-bond acceptors (Lipinski definition) is 3.